The minimum Gasteiger partial charge on any atom is -0.330 e. The molecule has 2 aromatic heterocycles. The second-order valence-electron chi connectivity index (χ2n) is 7.45. The number of aromatic nitrogens is 4. The highest BCUT2D eigenvalue weighted by Crippen LogP contribution is 2.31. The average Bonchev–Trinajstić information content (AvgIpc) is 3.48. The van der Waals surface area contributed by atoms with Crippen LogP contribution in [0.5, 0.6) is 0 Å². The minimum atomic E-state index is -0.175. The Morgan fingerprint density at radius 3 is 2.69 bits per heavy atom. The van der Waals surface area contributed by atoms with Gasteiger partial charge in [0.15, 0.2) is 11.6 Å². The molecule has 0 unspecified atom stereocenters. The molecular formula is C22H22N6O. The largest absolute Gasteiger partial charge is 0.330 e. The molecule has 1 saturated carbocycles. The second-order valence-corrected chi connectivity index (χ2v) is 7.45. The van der Waals surface area contributed by atoms with Crippen molar-refractivity contribution in [3.05, 3.63) is 64.7 Å². The summed E-state index contributed by atoms with van der Waals surface area (Å²) in [7, 11) is 0. The molecule has 7 nitrogen and oxygen atoms in total. The van der Waals surface area contributed by atoms with Gasteiger partial charge in [-0.1, -0.05) is 0 Å². The van der Waals surface area contributed by atoms with Gasteiger partial charge >= 0.3 is 0 Å². The van der Waals surface area contributed by atoms with Crippen molar-refractivity contribution in [2.24, 2.45) is 11.7 Å². The number of carbonyl (C=O) groups excluding carboxylic acids is 1. The predicted molar refractivity (Wildman–Crippen MR) is 108 cm³/mol. The zero-order chi connectivity index (χ0) is 20.4. The average molecular weight is 386 g/mol. The van der Waals surface area contributed by atoms with Gasteiger partial charge in [-0.05, 0) is 62.4 Å². The van der Waals surface area contributed by atoms with E-state index in [9.17, 15) is 10.1 Å². The molecule has 1 aliphatic carbocycles. The summed E-state index contributed by atoms with van der Waals surface area (Å²) in [6.07, 6.45) is 8.38. The number of rotatable bonds is 7. The summed E-state index contributed by atoms with van der Waals surface area (Å²) in [4.78, 5) is 22.2. The van der Waals surface area contributed by atoms with Crippen molar-refractivity contribution in [1.29, 1.82) is 5.26 Å². The van der Waals surface area contributed by atoms with E-state index in [2.05, 4.69) is 21.1 Å². The fraction of sp³-hybridized carbons (Fsp3) is 0.318. The Balaban J connectivity index is 1.73. The molecule has 2 N–H and O–H groups in total. The number of nitriles is 1. The van der Waals surface area contributed by atoms with Crippen molar-refractivity contribution in [1.82, 2.24) is 19.7 Å². The van der Waals surface area contributed by atoms with Crippen LogP contribution in [0, 0.1) is 24.2 Å². The van der Waals surface area contributed by atoms with Crippen molar-refractivity contribution in [3.63, 3.8) is 0 Å². The number of ketones is 1. The molecule has 4 rings (SSSR count). The lowest BCUT2D eigenvalue weighted by Gasteiger charge is -2.09. The molecule has 0 amide bonds. The van der Waals surface area contributed by atoms with E-state index in [1.807, 2.05) is 17.8 Å². The van der Waals surface area contributed by atoms with E-state index in [1.54, 1.807) is 30.6 Å². The zero-order valence-corrected chi connectivity index (χ0v) is 16.3. The van der Waals surface area contributed by atoms with E-state index in [0.717, 1.165) is 12.1 Å². The van der Waals surface area contributed by atoms with Crippen LogP contribution in [0.4, 0.5) is 0 Å². The van der Waals surface area contributed by atoms with Crippen LogP contribution in [-0.4, -0.2) is 32.1 Å². The first-order chi connectivity index (χ1) is 14.1. The molecule has 1 fully saturated rings. The maximum Gasteiger partial charge on any atom is 0.197 e. The molecule has 0 atom stereocenters. The molecule has 1 aromatic carbocycles. The van der Waals surface area contributed by atoms with Crippen molar-refractivity contribution in [2.75, 3.05) is 6.54 Å². The summed E-state index contributed by atoms with van der Waals surface area (Å²) < 4.78 is 1.85. The lowest BCUT2D eigenvalue weighted by molar-refractivity contribution is 0.103. The smallest absolute Gasteiger partial charge is 0.197 e. The predicted octanol–water partition coefficient (Wildman–Crippen LogP) is 2.66. The topological polar surface area (TPSA) is 110 Å². The standard InChI is InChI=1S/C22H22N6O/c1-14-20(13-28(27-14)12-15-2-3-15)21(29)19-8-16(9-24)4-5-18(19)22-25-10-17(6-7-23)11-26-22/h4-5,8,10-11,13,15H,2-3,6-7,12,23H2,1H3. The van der Waals surface area contributed by atoms with Gasteiger partial charge in [0.05, 0.1) is 22.9 Å². The van der Waals surface area contributed by atoms with Gasteiger partial charge < -0.3 is 5.73 Å². The van der Waals surface area contributed by atoms with Gasteiger partial charge in [-0.3, -0.25) is 9.48 Å². The van der Waals surface area contributed by atoms with E-state index in [1.165, 1.54) is 12.8 Å². The first-order valence-corrected chi connectivity index (χ1v) is 9.73. The number of aryl methyl sites for hydroxylation is 1. The Hall–Kier alpha value is -3.37. The number of nitrogens with two attached hydrogens (primary N) is 1. The van der Waals surface area contributed by atoms with E-state index in [0.29, 0.717) is 52.7 Å². The van der Waals surface area contributed by atoms with Gasteiger partial charge in [-0.15, -0.1) is 0 Å². The highest BCUT2D eigenvalue weighted by atomic mass is 16.1. The van der Waals surface area contributed by atoms with Gasteiger partial charge in [0.25, 0.3) is 0 Å². The SMILES string of the molecule is Cc1nn(CC2CC2)cc1C(=O)c1cc(C#N)ccc1-c1ncc(CCN)cn1. The van der Waals surface area contributed by atoms with Crippen molar-refractivity contribution >= 4 is 5.78 Å². The Bertz CT molecular complexity index is 1090. The van der Waals surface area contributed by atoms with Gasteiger partial charge in [-0.2, -0.15) is 10.4 Å². The molecule has 7 heteroatoms. The Kier molecular flexibility index (Phi) is 5.19. The molecule has 0 spiro atoms. The van der Waals surface area contributed by atoms with Gasteiger partial charge in [0.2, 0.25) is 0 Å². The van der Waals surface area contributed by atoms with E-state index in [4.69, 9.17) is 5.73 Å². The van der Waals surface area contributed by atoms with E-state index < -0.39 is 0 Å². The molecule has 146 valence electrons. The van der Waals surface area contributed by atoms with Gasteiger partial charge in [-0.25, -0.2) is 9.97 Å². The zero-order valence-electron chi connectivity index (χ0n) is 16.3. The normalized spacial score (nSPS) is 13.3. The van der Waals surface area contributed by atoms with Crippen LogP contribution in [0.1, 0.15) is 45.6 Å². The van der Waals surface area contributed by atoms with Crippen LogP contribution in [0.2, 0.25) is 0 Å². The molecule has 0 saturated heterocycles. The maximum atomic E-state index is 13.4. The number of nitrogens with zero attached hydrogens (tertiary/aromatic N) is 5. The van der Waals surface area contributed by atoms with Crippen LogP contribution in [0.15, 0.2) is 36.8 Å². The first-order valence-electron chi connectivity index (χ1n) is 9.73. The summed E-state index contributed by atoms with van der Waals surface area (Å²) in [6, 6.07) is 7.11. The molecule has 2 heterocycles. The lowest BCUT2D eigenvalue weighted by atomic mass is 9.96. The monoisotopic (exact) mass is 386 g/mol. The van der Waals surface area contributed by atoms with Crippen LogP contribution in [0.3, 0.4) is 0 Å². The first kappa shape index (κ1) is 19.0. The molecule has 0 radical (unpaired) electrons. The van der Waals surface area contributed by atoms with Crippen LogP contribution in [-0.2, 0) is 13.0 Å². The van der Waals surface area contributed by atoms with Crippen LogP contribution < -0.4 is 5.73 Å². The highest BCUT2D eigenvalue weighted by molar-refractivity contribution is 6.13. The summed E-state index contributed by atoms with van der Waals surface area (Å²) in [5, 5.41) is 13.8. The van der Waals surface area contributed by atoms with Crippen molar-refractivity contribution in [3.8, 4) is 17.5 Å². The molecule has 0 bridgehead atoms. The van der Waals surface area contributed by atoms with Crippen molar-refractivity contribution < 1.29 is 4.79 Å². The van der Waals surface area contributed by atoms with E-state index in [-0.39, 0.29) is 5.78 Å². The minimum absolute atomic E-state index is 0.175. The fourth-order valence-electron chi connectivity index (χ4n) is 3.33. The fourth-order valence-corrected chi connectivity index (χ4v) is 3.33. The van der Waals surface area contributed by atoms with Gasteiger partial charge in [0.1, 0.15) is 0 Å². The molecule has 3 aromatic rings. The Morgan fingerprint density at radius 1 is 1.28 bits per heavy atom. The highest BCUT2D eigenvalue weighted by Gasteiger charge is 2.25. The summed E-state index contributed by atoms with van der Waals surface area (Å²) in [6.45, 7) is 3.20. The van der Waals surface area contributed by atoms with Crippen LogP contribution in [0.25, 0.3) is 11.4 Å². The second kappa shape index (κ2) is 7.94. The molecule has 1 aliphatic rings. The molecule has 29 heavy (non-hydrogen) atoms. The number of carbonyl (C=O) groups is 1. The third kappa shape index (κ3) is 4.08. The Labute approximate surface area is 169 Å². The van der Waals surface area contributed by atoms with Gasteiger partial charge in [0, 0.05) is 36.3 Å². The summed E-state index contributed by atoms with van der Waals surface area (Å²) in [5.74, 6) is 0.933. The Morgan fingerprint density at radius 2 is 2.03 bits per heavy atom. The number of hydrogen-bond donors (Lipinski definition) is 1. The maximum absolute atomic E-state index is 13.4. The van der Waals surface area contributed by atoms with Crippen molar-refractivity contribution in [2.45, 2.75) is 32.7 Å². The number of benzene rings is 1. The number of hydrogen-bond acceptors (Lipinski definition) is 6. The van der Waals surface area contributed by atoms with E-state index >= 15 is 0 Å². The third-order valence-corrected chi connectivity index (χ3v) is 5.11. The quantitative estimate of drug-likeness (QED) is 0.625. The molecule has 0 aliphatic heterocycles. The summed E-state index contributed by atoms with van der Waals surface area (Å²) in [5.41, 5.74) is 9.17. The lowest BCUT2D eigenvalue weighted by Crippen LogP contribution is -2.07. The molecular weight excluding hydrogens is 364 g/mol. The third-order valence-electron chi connectivity index (χ3n) is 5.11. The summed E-state index contributed by atoms with van der Waals surface area (Å²) >= 11 is 0. The van der Waals surface area contributed by atoms with Crippen LogP contribution >= 0.6 is 0 Å².